The van der Waals surface area contributed by atoms with E-state index >= 15 is 0 Å². The third-order valence-corrected chi connectivity index (χ3v) is 3.65. The second-order valence-corrected chi connectivity index (χ2v) is 6.79. The van der Waals surface area contributed by atoms with Crippen LogP contribution < -0.4 is 10.4 Å². The summed E-state index contributed by atoms with van der Waals surface area (Å²) in [5.41, 5.74) is -0.113. The van der Waals surface area contributed by atoms with Crippen LogP contribution in [0.25, 0.3) is 0 Å². The lowest BCUT2D eigenvalue weighted by molar-refractivity contribution is 0.0158. The highest BCUT2D eigenvalue weighted by molar-refractivity contribution is 6.58. The SMILES string of the molecule is CC1CN(c2cc(B(O)O)ccn2)CCN1C(=O)OC(C)(C)C. The molecule has 0 spiro atoms. The minimum atomic E-state index is -1.52. The maximum absolute atomic E-state index is 12.2. The van der Waals surface area contributed by atoms with Gasteiger partial charge in [0.05, 0.1) is 0 Å². The lowest BCUT2D eigenvalue weighted by Crippen LogP contribution is -2.55. The highest BCUT2D eigenvalue weighted by Crippen LogP contribution is 2.19. The standard InChI is InChI=1S/C15H24BN3O4/c1-11-10-18(13-9-12(16(21)22)5-6-17-13)7-8-19(11)14(20)23-15(2,3)4/h5-6,9,11,21-22H,7-8,10H2,1-4H3. The molecule has 1 aromatic rings. The van der Waals surface area contributed by atoms with E-state index in [9.17, 15) is 14.8 Å². The summed E-state index contributed by atoms with van der Waals surface area (Å²) < 4.78 is 5.43. The van der Waals surface area contributed by atoms with Crippen LogP contribution in [0.2, 0.25) is 0 Å². The van der Waals surface area contributed by atoms with Crippen molar-refractivity contribution in [2.75, 3.05) is 24.5 Å². The van der Waals surface area contributed by atoms with Crippen LogP contribution in [0.3, 0.4) is 0 Å². The van der Waals surface area contributed by atoms with Crippen LogP contribution in [0.4, 0.5) is 10.6 Å². The fourth-order valence-electron chi connectivity index (χ4n) is 2.53. The topological polar surface area (TPSA) is 86.1 Å². The number of hydrogen-bond acceptors (Lipinski definition) is 6. The van der Waals surface area contributed by atoms with E-state index in [1.807, 2.05) is 32.6 Å². The van der Waals surface area contributed by atoms with Gasteiger partial charge in [-0.05, 0) is 45.3 Å². The average molecular weight is 321 g/mol. The summed E-state index contributed by atoms with van der Waals surface area (Å²) in [6.45, 7) is 9.26. The van der Waals surface area contributed by atoms with Gasteiger partial charge in [0.15, 0.2) is 0 Å². The third kappa shape index (κ3) is 4.59. The Morgan fingerprint density at radius 1 is 1.39 bits per heavy atom. The number of carbonyl (C=O) groups excluding carboxylic acids is 1. The van der Waals surface area contributed by atoms with Crippen LogP contribution in [-0.4, -0.2) is 64.4 Å². The monoisotopic (exact) mass is 321 g/mol. The molecule has 0 saturated carbocycles. The van der Waals surface area contributed by atoms with Crippen LogP contribution in [0.5, 0.6) is 0 Å². The maximum Gasteiger partial charge on any atom is 0.488 e. The van der Waals surface area contributed by atoms with Crippen molar-refractivity contribution in [3.63, 3.8) is 0 Å². The van der Waals surface area contributed by atoms with E-state index in [4.69, 9.17) is 4.74 Å². The summed E-state index contributed by atoms with van der Waals surface area (Å²) >= 11 is 0. The molecule has 126 valence electrons. The smallest absolute Gasteiger partial charge is 0.444 e. The number of pyridine rings is 1. The Balaban J connectivity index is 2.04. The van der Waals surface area contributed by atoms with Gasteiger partial charge in [0.1, 0.15) is 11.4 Å². The third-order valence-electron chi connectivity index (χ3n) is 3.65. The van der Waals surface area contributed by atoms with E-state index in [0.29, 0.717) is 30.9 Å². The zero-order valence-electron chi connectivity index (χ0n) is 14.1. The van der Waals surface area contributed by atoms with Gasteiger partial charge < -0.3 is 24.6 Å². The quantitative estimate of drug-likeness (QED) is 0.757. The number of aromatic nitrogens is 1. The first-order chi connectivity index (χ1) is 10.7. The predicted octanol–water partition coefficient (Wildman–Crippen LogP) is 0.207. The van der Waals surface area contributed by atoms with Crippen molar-refractivity contribution in [2.45, 2.75) is 39.3 Å². The molecule has 1 aromatic heterocycles. The second-order valence-electron chi connectivity index (χ2n) is 6.79. The summed E-state index contributed by atoms with van der Waals surface area (Å²) in [7, 11) is -1.52. The van der Waals surface area contributed by atoms with E-state index in [-0.39, 0.29) is 12.1 Å². The van der Waals surface area contributed by atoms with E-state index < -0.39 is 12.7 Å². The van der Waals surface area contributed by atoms with Crippen molar-refractivity contribution in [2.24, 2.45) is 0 Å². The molecule has 1 amide bonds. The molecule has 1 aliphatic heterocycles. The molecule has 2 rings (SSSR count). The molecular formula is C15H24BN3O4. The molecule has 0 radical (unpaired) electrons. The highest BCUT2D eigenvalue weighted by Gasteiger charge is 2.31. The average Bonchev–Trinajstić information content (AvgIpc) is 2.45. The van der Waals surface area contributed by atoms with E-state index in [1.165, 1.54) is 0 Å². The van der Waals surface area contributed by atoms with Crippen molar-refractivity contribution in [3.05, 3.63) is 18.3 Å². The Morgan fingerprint density at radius 2 is 2.09 bits per heavy atom. The largest absolute Gasteiger partial charge is 0.488 e. The van der Waals surface area contributed by atoms with Crippen molar-refractivity contribution in [3.8, 4) is 0 Å². The zero-order valence-corrected chi connectivity index (χ0v) is 14.1. The van der Waals surface area contributed by atoms with Crippen LogP contribution in [0, 0.1) is 0 Å². The molecule has 1 fully saturated rings. The normalized spacial score (nSPS) is 18.8. The predicted molar refractivity (Wildman–Crippen MR) is 88.7 cm³/mol. The molecule has 1 aliphatic rings. The van der Waals surface area contributed by atoms with Crippen molar-refractivity contribution >= 4 is 24.5 Å². The second kappa shape index (κ2) is 6.76. The number of amides is 1. The molecule has 23 heavy (non-hydrogen) atoms. The number of nitrogens with zero attached hydrogens (tertiary/aromatic N) is 3. The van der Waals surface area contributed by atoms with E-state index in [0.717, 1.165) is 0 Å². The van der Waals surface area contributed by atoms with E-state index in [1.54, 1.807) is 23.2 Å². The molecule has 1 unspecified atom stereocenters. The summed E-state index contributed by atoms with van der Waals surface area (Å²) in [6, 6.07) is 3.19. The Bertz CT molecular complexity index is 562. The van der Waals surface area contributed by atoms with Gasteiger partial charge in [0.25, 0.3) is 0 Å². The van der Waals surface area contributed by atoms with E-state index in [2.05, 4.69) is 4.98 Å². The molecule has 7 nitrogen and oxygen atoms in total. The Hall–Kier alpha value is -1.80. The number of anilines is 1. The molecule has 1 saturated heterocycles. The highest BCUT2D eigenvalue weighted by atomic mass is 16.6. The first-order valence-electron chi connectivity index (χ1n) is 7.74. The van der Waals surface area contributed by atoms with Crippen molar-refractivity contribution in [1.29, 1.82) is 0 Å². The molecule has 2 heterocycles. The molecule has 0 bridgehead atoms. The Kier molecular flexibility index (Phi) is 5.16. The number of ether oxygens (including phenoxy) is 1. The lowest BCUT2D eigenvalue weighted by Gasteiger charge is -2.40. The zero-order chi connectivity index (χ0) is 17.2. The fraction of sp³-hybridized carbons (Fsp3) is 0.600. The minimum absolute atomic E-state index is 0.0249. The van der Waals surface area contributed by atoms with Gasteiger partial charge in [-0.2, -0.15) is 0 Å². The Morgan fingerprint density at radius 3 is 2.65 bits per heavy atom. The molecule has 1 atom stereocenters. The van der Waals surface area contributed by atoms with Gasteiger partial charge in [-0.1, -0.05) is 0 Å². The first kappa shape index (κ1) is 17.6. The Labute approximate surface area is 137 Å². The van der Waals surface area contributed by atoms with Gasteiger partial charge in [-0.15, -0.1) is 0 Å². The fourth-order valence-corrected chi connectivity index (χ4v) is 2.53. The van der Waals surface area contributed by atoms with Gasteiger partial charge in [-0.3, -0.25) is 0 Å². The summed E-state index contributed by atoms with van der Waals surface area (Å²) in [5.74, 6) is 0.672. The minimum Gasteiger partial charge on any atom is -0.444 e. The van der Waals surface area contributed by atoms with Gasteiger partial charge >= 0.3 is 13.2 Å². The lowest BCUT2D eigenvalue weighted by atomic mass is 9.81. The maximum atomic E-state index is 12.2. The summed E-state index contributed by atoms with van der Waals surface area (Å²) in [6.07, 6.45) is 1.24. The molecular weight excluding hydrogens is 297 g/mol. The number of rotatable bonds is 2. The van der Waals surface area contributed by atoms with Crippen LogP contribution in [0.1, 0.15) is 27.7 Å². The van der Waals surface area contributed by atoms with Gasteiger partial charge in [0.2, 0.25) is 0 Å². The molecule has 2 N–H and O–H groups in total. The van der Waals surface area contributed by atoms with Crippen LogP contribution >= 0.6 is 0 Å². The molecule has 8 heteroatoms. The van der Waals surface area contributed by atoms with Crippen LogP contribution in [0.15, 0.2) is 18.3 Å². The molecule has 0 aliphatic carbocycles. The number of carbonyl (C=O) groups is 1. The number of hydrogen-bond donors (Lipinski definition) is 2. The first-order valence-corrected chi connectivity index (χ1v) is 7.74. The van der Waals surface area contributed by atoms with Crippen molar-refractivity contribution in [1.82, 2.24) is 9.88 Å². The summed E-state index contributed by atoms with van der Waals surface area (Å²) in [4.78, 5) is 20.2. The van der Waals surface area contributed by atoms with Gasteiger partial charge in [-0.25, -0.2) is 9.78 Å². The van der Waals surface area contributed by atoms with Crippen LogP contribution in [-0.2, 0) is 4.74 Å². The molecule has 0 aromatic carbocycles. The number of piperazine rings is 1. The van der Waals surface area contributed by atoms with Gasteiger partial charge in [0, 0.05) is 31.9 Å². The van der Waals surface area contributed by atoms with Crippen molar-refractivity contribution < 1.29 is 19.6 Å². The summed E-state index contributed by atoms with van der Waals surface area (Å²) in [5, 5.41) is 18.5.